The second kappa shape index (κ2) is 8.85. The molecule has 5 nitrogen and oxygen atoms in total. The Labute approximate surface area is 166 Å². The maximum absolute atomic E-state index is 13.3. The Morgan fingerprint density at radius 1 is 1.07 bits per heavy atom. The first-order valence-electron chi connectivity index (χ1n) is 9.69. The lowest BCUT2D eigenvalue weighted by Crippen LogP contribution is -2.42. The van der Waals surface area contributed by atoms with E-state index in [0.717, 1.165) is 35.4 Å². The van der Waals surface area contributed by atoms with Crippen molar-refractivity contribution in [2.24, 2.45) is 0 Å². The minimum atomic E-state index is -0.667. The minimum absolute atomic E-state index is 0.0946. The number of rotatable bonds is 7. The van der Waals surface area contributed by atoms with Crippen molar-refractivity contribution < 1.29 is 9.59 Å². The topological polar surface area (TPSA) is 61.4 Å². The first kappa shape index (κ1) is 19.8. The van der Waals surface area contributed by atoms with E-state index in [0.29, 0.717) is 12.1 Å². The number of carbonyl (C=O) groups is 2. The molecule has 1 heterocycles. The molecule has 0 aromatic heterocycles. The SMILES string of the molecule is CCCNN1Cc2ccccc2C(C(=O)N[C@H](C(C)=O)c2ccccc2)=C1C. The first-order chi connectivity index (χ1) is 13.5. The number of ketones is 1. The fourth-order valence-corrected chi connectivity index (χ4v) is 3.50. The summed E-state index contributed by atoms with van der Waals surface area (Å²) < 4.78 is 0. The number of nitrogens with zero attached hydrogens (tertiary/aromatic N) is 1. The normalized spacial score (nSPS) is 14.5. The maximum atomic E-state index is 13.3. The van der Waals surface area contributed by atoms with E-state index in [1.54, 1.807) is 0 Å². The van der Waals surface area contributed by atoms with Gasteiger partial charge in [0.15, 0.2) is 5.78 Å². The molecule has 0 saturated heterocycles. The third-order valence-corrected chi connectivity index (χ3v) is 4.98. The number of benzene rings is 2. The van der Waals surface area contributed by atoms with Crippen molar-refractivity contribution in [3.63, 3.8) is 0 Å². The average molecular weight is 377 g/mol. The lowest BCUT2D eigenvalue weighted by Gasteiger charge is -2.34. The molecule has 0 saturated carbocycles. The molecule has 0 unspecified atom stereocenters. The van der Waals surface area contributed by atoms with Gasteiger partial charge in [0.2, 0.25) is 0 Å². The van der Waals surface area contributed by atoms with Crippen molar-refractivity contribution in [3.8, 4) is 0 Å². The van der Waals surface area contributed by atoms with Gasteiger partial charge in [-0.25, -0.2) is 5.43 Å². The van der Waals surface area contributed by atoms with Crippen molar-refractivity contribution in [2.75, 3.05) is 6.54 Å². The molecule has 1 aliphatic rings. The smallest absolute Gasteiger partial charge is 0.254 e. The number of allylic oxidation sites excluding steroid dienone is 1. The summed E-state index contributed by atoms with van der Waals surface area (Å²) in [6.07, 6.45) is 0.993. The molecule has 1 atom stereocenters. The molecule has 28 heavy (non-hydrogen) atoms. The van der Waals surface area contributed by atoms with E-state index in [1.807, 2.05) is 66.5 Å². The van der Waals surface area contributed by atoms with Crippen LogP contribution in [-0.2, 0) is 16.1 Å². The van der Waals surface area contributed by atoms with Crippen LogP contribution in [0.1, 0.15) is 49.9 Å². The number of hydrogen-bond donors (Lipinski definition) is 2. The summed E-state index contributed by atoms with van der Waals surface area (Å²) in [6.45, 7) is 7.08. The number of carbonyl (C=O) groups excluding carboxylic acids is 2. The summed E-state index contributed by atoms with van der Waals surface area (Å²) >= 11 is 0. The van der Waals surface area contributed by atoms with Crippen LogP contribution in [0.25, 0.3) is 5.57 Å². The van der Waals surface area contributed by atoms with Gasteiger partial charge in [0.25, 0.3) is 5.91 Å². The zero-order valence-corrected chi connectivity index (χ0v) is 16.7. The van der Waals surface area contributed by atoms with Gasteiger partial charge in [0.1, 0.15) is 6.04 Å². The van der Waals surface area contributed by atoms with Crippen LogP contribution in [0.15, 0.2) is 60.3 Å². The zero-order valence-electron chi connectivity index (χ0n) is 16.7. The van der Waals surface area contributed by atoms with Crippen LogP contribution in [0, 0.1) is 0 Å². The average Bonchev–Trinajstić information content (AvgIpc) is 2.70. The fourth-order valence-electron chi connectivity index (χ4n) is 3.50. The van der Waals surface area contributed by atoms with Gasteiger partial charge in [-0.15, -0.1) is 0 Å². The standard InChI is InChI=1S/C23H27N3O2/c1-4-14-24-26-15-19-12-8-9-13-20(19)21(16(26)2)23(28)25-22(17(3)27)18-10-6-5-7-11-18/h5-13,22,24H,4,14-15H2,1-3H3,(H,25,28)/t22-/m1/s1. The molecule has 1 amide bonds. The van der Waals surface area contributed by atoms with Gasteiger partial charge in [-0.3, -0.25) is 9.59 Å². The molecular formula is C23H27N3O2. The second-order valence-corrected chi connectivity index (χ2v) is 7.04. The molecule has 2 aromatic rings. The van der Waals surface area contributed by atoms with Crippen LogP contribution >= 0.6 is 0 Å². The summed E-state index contributed by atoms with van der Waals surface area (Å²) in [5, 5.41) is 4.97. The Hall–Kier alpha value is -2.92. The number of amides is 1. The molecule has 0 aliphatic carbocycles. The number of nitrogens with one attached hydrogen (secondary N) is 2. The maximum Gasteiger partial charge on any atom is 0.254 e. The van der Waals surface area contributed by atoms with Crippen molar-refractivity contribution in [1.29, 1.82) is 0 Å². The monoisotopic (exact) mass is 377 g/mol. The van der Waals surface area contributed by atoms with Gasteiger partial charge < -0.3 is 10.3 Å². The molecule has 0 spiro atoms. The number of fused-ring (bicyclic) bond motifs is 1. The number of Topliss-reactive ketones (excluding diaryl/α,β-unsaturated/α-hetero) is 1. The third-order valence-electron chi connectivity index (χ3n) is 4.98. The van der Waals surface area contributed by atoms with E-state index in [9.17, 15) is 9.59 Å². The van der Waals surface area contributed by atoms with E-state index in [-0.39, 0.29) is 11.7 Å². The molecule has 1 aliphatic heterocycles. The number of hydrogen-bond acceptors (Lipinski definition) is 4. The molecule has 146 valence electrons. The zero-order chi connectivity index (χ0) is 20.1. The van der Waals surface area contributed by atoms with Crippen LogP contribution in [0.5, 0.6) is 0 Å². The number of hydrazine groups is 1. The highest BCUT2D eigenvalue weighted by Crippen LogP contribution is 2.31. The lowest BCUT2D eigenvalue weighted by molar-refractivity contribution is -0.124. The van der Waals surface area contributed by atoms with E-state index in [4.69, 9.17) is 0 Å². The highest BCUT2D eigenvalue weighted by molar-refractivity contribution is 6.21. The van der Waals surface area contributed by atoms with Gasteiger partial charge in [-0.05, 0) is 37.0 Å². The predicted molar refractivity (Wildman–Crippen MR) is 111 cm³/mol. The van der Waals surface area contributed by atoms with Gasteiger partial charge in [0.05, 0.1) is 12.1 Å². The second-order valence-electron chi connectivity index (χ2n) is 7.04. The minimum Gasteiger partial charge on any atom is -0.338 e. The van der Waals surface area contributed by atoms with Crippen LogP contribution in [0.4, 0.5) is 0 Å². The fraction of sp³-hybridized carbons (Fsp3) is 0.304. The van der Waals surface area contributed by atoms with Crippen molar-refractivity contribution >= 4 is 17.3 Å². The molecule has 5 heteroatoms. The summed E-state index contributed by atoms with van der Waals surface area (Å²) in [5.74, 6) is -0.333. The summed E-state index contributed by atoms with van der Waals surface area (Å²) in [7, 11) is 0. The largest absolute Gasteiger partial charge is 0.338 e. The highest BCUT2D eigenvalue weighted by Gasteiger charge is 2.29. The van der Waals surface area contributed by atoms with Gasteiger partial charge in [-0.1, -0.05) is 61.5 Å². The van der Waals surface area contributed by atoms with Crippen LogP contribution in [0.3, 0.4) is 0 Å². The Kier molecular flexibility index (Phi) is 6.26. The van der Waals surface area contributed by atoms with Gasteiger partial charge >= 0.3 is 0 Å². The molecule has 3 rings (SSSR count). The van der Waals surface area contributed by atoms with Crippen LogP contribution < -0.4 is 10.7 Å². The molecule has 2 aromatic carbocycles. The van der Waals surface area contributed by atoms with E-state index >= 15 is 0 Å². The summed E-state index contributed by atoms with van der Waals surface area (Å²) in [5.41, 5.74) is 7.64. The van der Waals surface area contributed by atoms with Gasteiger partial charge in [-0.2, -0.15) is 0 Å². The van der Waals surface area contributed by atoms with Crippen LogP contribution in [0.2, 0.25) is 0 Å². The Morgan fingerprint density at radius 2 is 1.75 bits per heavy atom. The Balaban J connectivity index is 1.95. The van der Waals surface area contributed by atoms with E-state index < -0.39 is 6.04 Å². The lowest BCUT2D eigenvalue weighted by atomic mass is 9.93. The van der Waals surface area contributed by atoms with Crippen molar-refractivity contribution in [2.45, 2.75) is 39.8 Å². The molecule has 2 N–H and O–H groups in total. The third kappa shape index (κ3) is 4.15. The molecule has 0 radical (unpaired) electrons. The first-order valence-corrected chi connectivity index (χ1v) is 9.69. The van der Waals surface area contributed by atoms with E-state index in [1.165, 1.54) is 6.92 Å². The highest BCUT2D eigenvalue weighted by atomic mass is 16.2. The van der Waals surface area contributed by atoms with E-state index in [2.05, 4.69) is 17.7 Å². The summed E-state index contributed by atoms with van der Waals surface area (Å²) in [6, 6.07) is 16.6. The Bertz CT molecular complexity index is 890. The molecule has 0 bridgehead atoms. The molecular weight excluding hydrogens is 350 g/mol. The van der Waals surface area contributed by atoms with Gasteiger partial charge in [0, 0.05) is 12.2 Å². The Morgan fingerprint density at radius 3 is 2.43 bits per heavy atom. The van der Waals surface area contributed by atoms with Crippen molar-refractivity contribution in [1.82, 2.24) is 15.8 Å². The summed E-state index contributed by atoms with van der Waals surface area (Å²) in [4.78, 5) is 25.5. The van der Waals surface area contributed by atoms with Crippen molar-refractivity contribution in [3.05, 3.63) is 77.0 Å². The van der Waals surface area contributed by atoms with Crippen LogP contribution in [-0.4, -0.2) is 23.2 Å². The quantitative estimate of drug-likeness (QED) is 0.774. The molecule has 0 fully saturated rings. The predicted octanol–water partition coefficient (Wildman–Crippen LogP) is 3.59.